The van der Waals surface area contributed by atoms with Gasteiger partial charge in [0.05, 0.1) is 12.8 Å². The third-order valence-electron chi connectivity index (χ3n) is 4.31. The first-order valence-corrected chi connectivity index (χ1v) is 9.07. The first-order chi connectivity index (χ1) is 14.0. The zero-order chi connectivity index (χ0) is 20.8. The molecule has 3 aromatic rings. The summed E-state index contributed by atoms with van der Waals surface area (Å²) in [6.45, 7) is 0. The minimum atomic E-state index is -1.04. The number of aliphatic carboxylic acids is 2. The number of benzene rings is 2. The van der Waals surface area contributed by atoms with Gasteiger partial charge in [-0.3, -0.25) is 14.4 Å². The van der Waals surface area contributed by atoms with Crippen LogP contribution in [-0.4, -0.2) is 32.9 Å². The summed E-state index contributed by atoms with van der Waals surface area (Å²) in [7, 11) is 0. The molecule has 2 N–H and O–H groups in total. The van der Waals surface area contributed by atoms with E-state index in [1.54, 1.807) is 24.3 Å². The Morgan fingerprint density at radius 2 is 1.48 bits per heavy atom. The quantitative estimate of drug-likeness (QED) is 0.526. The van der Waals surface area contributed by atoms with E-state index >= 15 is 0 Å². The summed E-state index contributed by atoms with van der Waals surface area (Å²) in [5.41, 5.74) is 2.10. The van der Waals surface area contributed by atoms with Crippen molar-refractivity contribution in [1.82, 2.24) is 4.98 Å². The summed E-state index contributed by atoms with van der Waals surface area (Å²) in [4.78, 5) is 38.8. The molecule has 0 aliphatic heterocycles. The van der Waals surface area contributed by atoms with Gasteiger partial charge in [0.1, 0.15) is 5.69 Å². The van der Waals surface area contributed by atoms with E-state index in [1.807, 2.05) is 30.3 Å². The van der Waals surface area contributed by atoms with Crippen LogP contribution in [0.4, 0.5) is 0 Å². The lowest BCUT2D eigenvalue weighted by molar-refractivity contribution is -0.138. The second-order valence-corrected chi connectivity index (χ2v) is 6.41. The maximum absolute atomic E-state index is 12.6. The Kier molecular flexibility index (Phi) is 6.19. The van der Waals surface area contributed by atoms with E-state index in [1.165, 1.54) is 0 Å². The van der Waals surface area contributed by atoms with Gasteiger partial charge in [-0.25, -0.2) is 4.98 Å². The SMILES string of the molecule is O=C(O)CCC(=O)c1ccccc1-c1oc(CCC(=O)O)nc1-c1ccccc1. The van der Waals surface area contributed by atoms with E-state index in [2.05, 4.69) is 4.98 Å². The smallest absolute Gasteiger partial charge is 0.303 e. The van der Waals surface area contributed by atoms with Crippen molar-refractivity contribution in [2.24, 2.45) is 0 Å². The molecule has 7 heteroatoms. The summed E-state index contributed by atoms with van der Waals surface area (Å²) in [5.74, 6) is -1.71. The summed E-state index contributed by atoms with van der Waals surface area (Å²) >= 11 is 0. The largest absolute Gasteiger partial charge is 0.481 e. The lowest BCUT2D eigenvalue weighted by atomic mass is 9.96. The minimum Gasteiger partial charge on any atom is -0.481 e. The summed E-state index contributed by atoms with van der Waals surface area (Å²) in [6, 6.07) is 16.0. The normalized spacial score (nSPS) is 10.6. The number of carbonyl (C=O) groups excluding carboxylic acids is 1. The number of hydrogen-bond donors (Lipinski definition) is 2. The number of oxazole rings is 1. The van der Waals surface area contributed by atoms with Crippen LogP contribution in [0.2, 0.25) is 0 Å². The van der Waals surface area contributed by atoms with Gasteiger partial charge in [-0.1, -0.05) is 54.6 Å². The molecule has 0 aliphatic rings. The van der Waals surface area contributed by atoms with Gasteiger partial charge in [0.25, 0.3) is 0 Å². The Labute approximate surface area is 166 Å². The summed E-state index contributed by atoms with van der Waals surface area (Å²) in [6.07, 6.45) is -0.413. The number of aryl methyl sites for hydroxylation is 1. The molecule has 0 atom stereocenters. The fourth-order valence-corrected chi connectivity index (χ4v) is 2.94. The molecule has 0 amide bonds. The highest BCUT2D eigenvalue weighted by Gasteiger charge is 2.22. The van der Waals surface area contributed by atoms with Crippen LogP contribution < -0.4 is 0 Å². The van der Waals surface area contributed by atoms with Gasteiger partial charge in [-0.15, -0.1) is 0 Å². The second-order valence-electron chi connectivity index (χ2n) is 6.41. The molecule has 2 aromatic carbocycles. The lowest BCUT2D eigenvalue weighted by Crippen LogP contribution is -2.05. The van der Waals surface area contributed by atoms with Gasteiger partial charge in [-0.2, -0.15) is 0 Å². The van der Waals surface area contributed by atoms with Crippen molar-refractivity contribution in [2.75, 3.05) is 0 Å². The van der Waals surface area contributed by atoms with Crippen molar-refractivity contribution in [2.45, 2.75) is 25.7 Å². The number of carboxylic acid groups (broad SMARTS) is 2. The Balaban J connectivity index is 2.06. The first kappa shape index (κ1) is 20.0. The molecule has 0 spiro atoms. The Morgan fingerprint density at radius 3 is 2.17 bits per heavy atom. The monoisotopic (exact) mass is 393 g/mol. The minimum absolute atomic E-state index is 0.115. The standard InChI is InChI=1S/C22H19NO6/c24-17(10-12-19(25)26)15-8-4-5-9-16(15)22-21(14-6-2-1-3-7-14)23-18(29-22)11-13-20(27)28/h1-9H,10-13H2,(H,25,26)(H,27,28). The molecular weight excluding hydrogens is 374 g/mol. The Hall–Kier alpha value is -3.74. The highest BCUT2D eigenvalue weighted by Crippen LogP contribution is 2.35. The van der Waals surface area contributed by atoms with Crippen molar-refractivity contribution >= 4 is 17.7 Å². The highest BCUT2D eigenvalue weighted by atomic mass is 16.4. The van der Waals surface area contributed by atoms with Crippen LogP contribution in [0.3, 0.4) is 0 Å². The van der Waals surface area contributed by atoms with Crippen LogP contribution in [0, 0.1) is 0 Å². The fraction of sp³-hybridized carbons (Fsp3) is 0.182. The summed E-state index contributed by atoms with van der Waals surface area (Å²) in [5, 5.41) is 17.8. The van der Waals surface area contributed by atoms with Gasteiger partial charge < -0.3 is 14.6 Å². The zero-order valence-electron chi connectivity index (χ0n) is 15.5. The van der Waals surface area contributed by atoms with Crippen LogP contribution in [0.5, 0.6) is 0 Å². The molecule has 7 nitrogen and oxygen atoms in total. The van der Waals surface area contributed by atoms with Gasteiger partial charge in [0.2, 0.25) is 0 Å². The van der Waals surface area contributed by atoms with E-state index in [-0.39, 0.29) is 37.4 Å². The average Bonchev–Trinajstić information content (AvgIpc) is 3.15. The van der Waals surface area contributed by atoms with Crippen molar-refractivity contribution in [1.29, 1.82) is 0 Å². The number of carbonyl (C=O) groups is 3. The summed E-state index contributed by atoms with van der Waals surface area (Å²) < 4.78 is 5.88. The van der Waals surface area contributed by atoms with Crippen molar-refractivity contribution in [3.63, 3.8) is 0 Å². The number of rotatable bonds is 9. The van der Waals surface area contributed by atoms with Crippen LogP contribution >= 0.6 is 0 Å². The molecule has 0 fully saturated rings. The first-order valence-electron chi connectivity index (χ1n) is 9.07. The van der Waals surface area contributed by atoms with E-state index in [4.69, 9.17) is 14.6 Å². The number of ketones is 1. The van der Waals surface area contributed by atoms with Gasteiger partial charge in [0, 0.05) is 29.5 Å². The van der Waals surface area contributed by atoms with Crippen LogP contribution in [-0.2, 0) is 16.0 Å². The molecule has 148 valence electrons. The Morgan fingerprint density at radius 1 is 0.828 bits per heavy atom. The predicted octanol–water partition coefficient (Wildman–Crippen LogP) is 4.07. The molecule has 0 saturated heterocycles. The zero-order valence-corrected chi connectivity index (χ0v) is 15.5. The van der Waals surface area contributed by atoms with Crippen molar-refractivity contribution in [3.05, 3.63) is 66.1 Å². The molecular formula is C22H19NO6. The maximum atomic E-state index is 12.6. The van der Waals surface area contributed by atoms with Crippen molar-refractivity contribution in [3.8, 4) is 22.6 Å². The fourth-order valence-electron chi connectivity index (χ4n) is 2.94. The van der Waals surface area contributed by atoms with Gasteiger partial charge in [0.15, 0.2) is 17.4 Å². The average molecular weight is 393 g/mol. The maximum Gasteiger partial charge on any atom is 0.303 e. The molecule has 1 heterocycles. The van der Waals surface area contributed by atoms with E-state index in [0.29, 0.717) is 22.6 Å². The number of Topliss-reactive ketones (excluding diaryl/α,β-unsaturated/α-hetero) is 1. The third-order valence-corrected chi connectivity index (χ3v) is 4.31. The molecule has 1 aromatic heterocycles. The van der Waals surface area contributed by atoms with Crippen LogP contribution in [0.25, 0.3) is 22.6 Å². The van der Waals surface area contributed by atoms with Crippen LogP contribution in [0.15, 0.2) is 59.0 Å². The molecule has 29 heavy (non-hydrogen) atoms. The molecule has 0 bridgehead atoms. The molecule has 3 rings (SSSR count). The number of hydrogen-bond acceptors (Lipinski definition) is 5. The molecule has 0 unspecified atom stereocenters. The number of nitrogens with zero attached hydrogens (tertiary/aromatic N) is 1. The third kappa shape index (κ3) is 4.95. The van der Waals surface area contributed by atoms with E-state index < -0.39 is 11.9 Å². The van der Waals surface area contributed by atoms with Gasteiger partial charge >= 0.3 is 11.9 Å². The highest BCUT2D eigenvalue weighted by molar-refractivity contribution is 6.03. The van der Waals surface area contributed by atoms with E-state index in [0.717, 1.165) is 5.56 Å². The van der Waals surface area contributed by atoms with Gasteiger partial charge in [-0.05, 0) is 0 Å². The molecule has 0 radical (unpaired) electrons. The van der Waals surface area contributed by atoms with Crippen LogP contribution in [0.1, 0.15) is 35.5 Å². The molecule has 0 aliphatic carbocycles. The Bertz CT molecular complexity index is 1040. The topological polar surface area (TPSA) is 118 Å². The lowest BCUT2D eigenvalue weighted by Gasteiger charge is -2.07. The number of aromatic nitrogens is 1. The second kappa shape index (κ2) is 8.97. The predicted molar refractivity (Wildman–Crippen MR) is 105 cm³/mol. The molecule has 0 saturated carbocycles. The van der Waals surface area contributed by atoms with E-state index in [9.17, 15) is 14.4 Å². The number of carboxylic acids is 2. The van der Waals surface area contributed by atoms with Crippen molar-refractivity contribution < 1.29 is 29.0 Å².